The van der Waals surface area contributed by atoms with Crippen LogP contribution in [0.1, 0.15) is 36.8 Å². The molecule has 4 rings (SSSR count). The molecule has 0 N–H and O–H groups in total. The predicted molar refractivity (Wildman–Crippen MR) is 107 cm³/mol. The Balaban J connectivity index is 1.79. The van der Waals surface area contributed by atoms with E-state index in [1.807, 2.05) is 31.2 Å². The van der Waals surface area contributed by atoms with Gasteiger partial charge < -0.3 is 0 Å². The highest BCUT2D eigenvalue weighted by Crippen LogP contribution is 2.22. The number of hydrogen-bond donors (Lipinski definition) is 0. The van der Waals surface area contributed by atoms with Crippen molar-refractivity contribution in [2.45, 2.75) is 44.0 Å². The molecule has 7 nitrogen and oxygen atoms in total. The fourth-order valence-electron chi connectivity index (χ4n) is 3.69. The highest BCUT2D eigenvalue weighted by molar-refractivity contribution is 7.89. The van der Waals surface area contributed by atoms with Gasteiger partial charge in [-0.15, -0.1) is 5.10 Å². The predicted octanol–water partition coefficient (Wildman–Crippen LogP) is 2.42. The lowest BCUT2D eigenvalue weighted by Crippen LogP contribution is -2.32. The van der Waals surface area contributed by atoms with Crippen LogP contribution in [0, 0.1) is 6.92 Å². The maximum Gasteiger partial charge on any atom is 0.350 e. The van der Waals surface area contributed by atoms with Crippen molar-refractivity contribution in [3.8, 4) is 0 Å². The van der Waals surface area contributed by atoms with E-state index in [0.717, 1.165) is 36.8 Å². The van der Waals surface area contributed by atoms with Crippen molar-refractivity contribution < 1.29 is 8.42 Å². The Hall–Kier alpha value is -2.45. The van der Waals surface area contributed by atoms with Crippen LogP contribution in [0.5, 0.6) is 0 Å². The average Bonchev–Trinajstić information content (AvgIpc) is 2.87. The summed E-state index contributed by atoms with van der Waals surface area (Å²) in [4.78, 5) is 12.9. The van der Waals surface area contributed by atoms with Crippen LogP contribution < -0.4 is 5.69 Å². The Bertz CT molecular complexity index is 1160. The van der Waals surface area contributed by atoms with Crippen LogP contribution >= 0.6 is 0 Å². The van der Waals surface area contributed by atoms with Gasteiger partial charge in [-0.2, -0.15) is 4.31 Å². The summed E-state index contributed by atoms with van der Waals surface area (Å²) in [6.45, 7) is 3.30. The molecule has 1 saturated heterocycles. The highest BCUT2D eigenvalue weighted by atomic mass is 32.2. The lowest BCUT2D eigenvalue weighted by molar-refractivity contribution is 0.424. The van der Waals surface area contributed by atoms with E-state index in [1.165, 1.54) is 13.4 Å². The first-order chi connectivity index (χ1) is 13.5. The Morgan fingerprint density at radius 1 is 1.00 bits per heavy atom. The standard InChI is InChI=1S/C20H24N4O3S/c1-16-9-4-5-10-17(16)15-24-20(25)23-14-8-11-18(19(23)21-24)28(26,27)22-12-6-2-3-7-13-22/h4-5,8-11,14H,2-3,6-7,12-13,15H2,1H3. The van der Waals surface area contributed by atoms with Gasteiger partial charge in [-0.05, 0) is 43.0 Å². The van der Waals surface area contributed by atoms with Crippen molar-refractivity contribution in [1.82, 2.24) is 18.5 Å². The number of nitrogens with zero attached hydrogens (tertiary/aromatic N) is 4. The second-order valence-corrected chi connectivity index (χ2v) is 9.16. The van der Waals surface area contributed by atoms with E-state index < -0.39 is 10.0 Å². The third kappa shape index (κ3) is 3.38. The second-order valence-electron chi connectivity index (χ2n) is 7.25. The zero-order chi connectivity index (χ0) is 19.7. The van der Waals surface area contributed by atoms with Crippen LogP contribution in [0.2, 0.25) is 0 Å². The first kappa shape index (κ1) is 18.9. The molecule has 8 heteroatoms. The molecule has 0 unspecified atom stereocenters. The number of benzene rings is 1. The summed E-state index contributed by atoms with van der Waals surface area (Å²) in [5, 5.41) is 4.39. The van der Waals surface area contributed by atoms with Crippen LogP contribution in [-0.2, 0) is 16.6 Å². The van der Waals surface area contributed by atoms with E-state index in [9.17, 15) is 13.2 Å². The van der Waals surface area contributed by atoms with Gasteiger partial charge in [-0.25, -0.2) is 22.3 Å². The van der Waals surface area contributed by atoms with Crippen molar-refractivity contribution >= 4 is 15.7 Å². The summed E-state index contributed by atoms with van der Waals surface area (Å²) in [7, 11) is -3.70. The molecule has 2 aromatic heterocycles. The molecule has 1 aliphatic rings. The maximum absolute atomic E-state index is 13.2. The molecule has 0 saturated carbocycles. The first-order valence-electron chi connectivity index (χ1n) is 9.61. The summed E-state index contributed by atoms with van der Waals surface area (Å²) >= 11 is 0. The number of aryl methyl sites for hydroxylation is 1. The van der Waals surface area contributed by atoms with Gasteiger partial charge in [0, 0.05) is 19.3 Å². The lowest BCUT2D eigenvalue weighted by atomic mass is 10.1. The highest BCUT2D eigenvalue weighted by Gasteiger charge is 2.28. The van der Waals surface area contributed by atoms with Gasteiger partial charge >= 0.3 is 5.69 Å². The molecule has 3 heterocycles. The van der Waals surface area contributed by atoms with E-state index in [1.54, 1.807) is 18.3 Å². The van der Waals surface area contributed by atoms with E-state index in [2.05, 4.69) is 5.10 Å². The summed E-state index contributed by atoms with van der Waals surface area (Å²) in [5.74, 6) is 0. The fourth-order valence-corrected chi connectivity index (χ4v) is 5.33. The molecule has 1 fully saturated rings. The molecule has 28 heavy (non-hydrogen) atoms. The minimum Gasteiger partial charge on any atom is -0.249 e. The summed E-state index contributed by atoms with van der Waals surface area (Å²) < 4.78 is 30.7. The summed E-state index contributed by atoms with van der Waals surface area (Å²) in [6, 6.07) is 10.9. The fraction of sp³-hybridized carbons (Fsp3) is 0.400. The molecule has 0 atom stereocenters. The molecule has 1 aromatic carbocycles. The minimum atomic E-state index is -3.70. The molecule has 0 amide bonds. The Kier molecular flexibility index (Phi) is 5.07. The minimum absolute atomic E-state index is 0.0949. The Labute approximate surface area is 164 Å². The van der Waals surface area contributed by atoms with E-state index in [4.69, 9.17) is 0 Å². The number of rotatable bonds is 4. The Morgan fingerprint density at radius 2 is 1.71 bits per heavy atom. The van der Waals surface area contributed by atoms with Crippen LogP contribution in [0.15, 0.2) is 52.3 Å². The van der Waals surface area contributed by atoms with Crippen molar-refractivity contribution in [3.05, 3.63) is 64.2 Å². The van der Waals surface area contributed by atoms with Crippen LogP contribution in [0.3, 0.4) is 0 Å². The van der Waals surface area contributed by atoms with E-state index >= 15 is 0 Å². The van der Waals surface area contributed by atoms with Gasteiger partial charge in [-0.3, -0.25) is 0 Å². The smallest absolute Gasteiger partial charge is 0.249 e. The summed E-state index contributed by atoms with van der Waals surface area (Å²) in [5.41, 5.74) is 1.88. The molecular weight excluding hydrogens is 376 g/mol. The number of pyridine rings is 1. The molecule has 0 aliphatic carbocycles. The molecule has 0 spiro atoms. The van der Waals surface area contributed by atoms with Crippen LogP contribution in [0.4, 0.5) is 0 Å². The van der Waals surface area contributed by atoms with Crippen molar-refractivity contribution in [3.63, 3.8) is 0 Å². The molecular formula is C20H24N4O3S. The van der Waals surface area contributed by atoms with Gasteiger partial charge in [-0.1, -0.05) is 37.1 Å². The van der Waals surface area contributed by atoms with Crippen molar-refractivity contribution in [2.75, 3.05) is 13.1 Å². The zero-order valence-electron chi connectivity index (χ0n) is 15.9. The third-order valence-electron chi connectivity index (χ3n) is 5.34. The average molecular weight is 401 g/mol. The largest absolute Gasteiger partial charge is 0.350 e. The number of sulfonamides is 1. The molecule has 1 aliphatic heterocycles. The van der Waals surface area contributed by atoms with Gasteiger partial charge in [0.2, 0.25) is 10.0 Å². The van der Waals surface area contributed by atoms with Gasteiger partial charge in [0.25, 0.3) is 0 Å². The van der Waals surface area contributed by atoms with E-state index in [0.29, 0.717) is 19.6 Å². The topological polar surface area (TPSA) is 76.7 Å². The van der Waals surface area contributed by atoms with Crippen molar-refractivity contribution in [1.29, 1.82) is 0 Å². The molecule has 148 valence electrons. The zero-order valence-corrected chi connectivity index (χ0v) is 16.7. The third-order valence-corrected chi connectivity index (χ3v) is 7.26. The molecule has 0 radical (unpaired) electrons. The van der Waals surface area contributed by atoms with Crippen LogP contribution in [0.25, 0.3) is 5.65 Å². The summed E-state index contributed by atoms with van der Waals surface area (Å²) in [6.07, 6.45) is 5.37. The number of aromatic nitrogens is 3. The first-order valence-corrected chi connectivity index (χ1v) is 11.1. The molecule has 0 bridgehead atoms. The van der Waals surface area contributed by atoms with Gasteiger partial charge in [0.05, 0.1) is 6.54 Å². The SMILES string of the molecule is Cc1ccccc1Cn1nc2c(S(=O)(=O)N3CCCCCC3)cccn2c1=O. The number of fused-ring (bicyclic) bond motifs is 1. The maximum atomic E-state index is 13.2. The van der Waals surface area contributed by atoms with Crippen molar-refractivity contribution in [2.24, 2.45) is 0 Å². The van der Waals surface area contributed by atoms with Gasteiger partial charge in [0.15, 0.2) is 5.65 Å². The van der Waals surface area contributed by atoms with Gasteiger partial charge in [0.1, 0.15) is 4.90 Å². The molecule has 3 aromatic rings. The monoisotopic (exact) mass is 400 g/mol. The second kappa shape index (κ2) is 7.52. The quantitative estimate of drug-likeness (QED) is 0.674. The number of hydrogen-bond acceptors (Lipinski definition) is 4. The lowest BCUT2D eigenvalue weighted by Gasteiger charge is -2.19. The normalized spacial score (nSPS) is 16.3. The van der Waals surface area contributed by atoms with E-state index in [-0.39, 0.29) is 16.2 Å². The van der Waals surface area contributed by atoms with Crippen LogP contribution in [-0.4, -0.2) is 40.0 Å². The Morgan fingerprint density at radius 3 is 2.43 bits per heavy atom.